The maximum absolute atomic E-state index is 11.6. The third-order valence-corrected chi connectivity index (χ3v) is 3.50. The van der Waals surface area contributed by atoms with Gasteiger partial charge < -0.3 is 15.2 Å². The molecule has 1 amide bonds. The van der Waals surface area contributed by atoms with Crippen molar-refractivity contribution >= 4 is 33.4 Å². The van der Waals surface area contributed by atoms with E-state index >= 15 is 0 Å². The lowest BCUT2D eigenvalue weighted by Gasteiger charge is -2.22. The molecule has 0 saturated carbocycles. The van der Waals surface area contributed by atoms with Crippen LogP contribution in [0.25, 0.3) is 0 Å². The summed E-state index contributed by atoms with van der Waals surface area (Å²) < 4.78 is 6.17. The SMILES string of the molecule is CCCC(C)(O)CNC(=O)COc1ccc(Br)cc1Cl. The number of carbonyl (C=O) groups is 1. The topological polar surface area (TPSA) is 58.6 Å². The van der Waals surface area contributed by atoms with Crippen molar-refractivity contribution in [1.29, 1.82) is 0 Å². The van der Waals surface area contributed by atoms with Gasteiger partial charge in [-0.3, -0.25) is 4.79 Å². The van der Waals surface area contributed by atoms with E-state index in [1.807, 2.05) is 6.92 Å². The fraction of sp³-hybridized carbons (Fsp3) is 0.500. The van der Waals surface area contributed by atoms with E-state index < -0.39 is 5.60 Å². The average Bonchev–Trinajstić information content (AvgIpc) is 2.35. The number of halogens is 2. The number of ether oxygens (including phenoxy) is 1. The lowest BCUT2D eigenvalue weighted by molar-refractivity contribution is -0.124. The zero-order valence-corrected chi connectivity index (χ0v) is 13.9. The van der Waals surface area contributed by atoms with Gasteiger partial charge in [0, 0.05) is 11.0 Å². The summed E-state index contributed by atoms with van der Waals surface area (Å²) in [6.07, 6.45) is 1.49. The standard InChI is InChI=1S/C14H19BrClNO3/c1-3-6-14(2,19)9-17-13(18)8-20-12-5-4-10(15)7-11(12)16/h4-5,7,19H,3,6,8-9H2,1-2H3,(H,17,18). The molecule has 0 heterocycles. The van der Waals surface area contributed by atoms with Crippen LogP contribution in [0.5, 0.6) is 5.75 Å². The molecule has 1 aromatic carbocycles. The number of nitrogens with one attached hydrogen (secondary N) is 1. The van der Waals surface area contributed by atoms with Crippen LogP contribution in [0, 0.1) is 0 Å². The second kappa shape index (κ2) is 7.86. The van der Waals surface area contributed by atoms with E-state index in [4.69, 9.17) is 16.3 Å². The van der Waals surface area contributed by atoms with E-state index in [1.165, 1.54) is 0 Å². The van der Waals surface area contributed by atoms with Gasteiger partial charge >= 0.3 is 0 Å². The molecule has 1 atom stereocenters. The molecule has 1 aromatic rings. The molecule has 1 unspecified atom stereocenters. The Morgan fingerprint density at radius 3 is 2.85 bits per heavy atom. The number of rotatable bonds is 7. The fourth-order valence-corrected chi connectivity index (χ4v) is 2.43. The van der Waals surface area contributed by atoms with Crippen LogP contribution in [0.15, 0.2) is 22.7 Å². The van der Waals surface area contributed by atoms with E-state index in [0.29, 0.717) is 17.2 Å². The first-order valence-corrected chi connectivity index (χ1v) is 7.58. The van der Waals surface area contributed by atoms with Crippen LogP contribution in [0.2, 0.25) is 5.02 Å². The Bertz CT molecular complexity index is 466. The minimum Gasteiger partial charge on any atom is -0.482 e. The van der Waals surface area contributed by atoms with Crippen LogP contribution in [0.3, 0.4) is 0 Å². The molecule has 0 radical (unpaired) electrons. The van der Waals surface area contributed by atoms with Crippen molar-refractivity contribution in [3.05, 3.63) is 27.7 Å². The summed E-state index contributed by atoms with van der Waals surface area (Å²) in [6.45, 7) is 3.75. The maximum Gasteiger partial charge on any atom is 0.258 e. The highest BCUT2D eigenvalue weighted by atomic mass is 79.9. The minimum absolute atomic E-state index is 0.135. The predicted octanol–water partition coefficient (Wildman–Crippen LogP) is 3.15. The molecule has 2 N–H and O–H groups in total. The van der Waals surface area contributed by atoms with Crippen LogP contribution in [-0.2, 0) is 4.79 Å². The molecule has 0 fully saturated rings. The molecule has 0 bridgehead atoms. The van der Waals surface area contributed by atoms with Crippen LogP contribution < -0.4 is 10.1 Å². The summed E-state index contributed by atoms with van der Waals surface area (Å²) in [5, 5.41) is 13.0. The van der Waals surface area contributed by atoms with Crippen LogP contribution in [-0.4, -0.2) is 29.8 Å². The number of carbonyl (C=O) groups excluding carboxylic acids is 1. The highest BCUT2D eigenvalue weighted by molar-refractivity contribution is 9.10. The molecule has 0 aliphatic heterocycles. The molecular weight excluding hydrogens is 346 g/mol. The van der Waals surface area contributed by atoms with E-state index in [0.717, 1.165) is 10.9 Å². The number of benzene rings is 1. The van der Waals surface area contributed by atoms with Crippen molar-refractivity contribution in [2.75, 3.05) is 13.2 Å². The first-order chi connectivity index (χ1) is 9.34. The van der Waals surface area contributed by atoms with Crippen molar-refractivity contribution in [2.24, 2.45) is 0 Å². The summed E-state index contributed by atoms with van der Waals surface area (Å²) in [6, 6.07) is 5.17. The Hall–Kier alpha value is -0.780. The molecule has 0 spiro atoms. The van der Waals surface area contributed by atoms with Gasteiger partial charge in [0.1, 0.15) is 5.75 Å². The zero-order valence-electron chi connectivity index (χ0n) is 11.6. The van der Waals surface area contributed by atoms with Crippen LogP contribution in [0.4, 0.5) is 0 Å². The Labute approximate surface area is 132 Å². The molecule has 0 aromatic heterocycles. The first kappa shape index (κ1) is 17.3. The monoisotopic (exact) mass is 363 g/mol. The average molecular weight is 365 g/mol. The summed E-state index contributed by atoms with van der Waals surface area (Å²) in [5.74, 6) is 0.158. The summed E-state index contributed by atoms with van der Waals surface area (Å²) in [4.78, 5) is 11.6. The van der Waals surface area contributed by atoms with Crippen molar-refractivity contribution in [1.82, 2.24) is 5.32 Å². The number of amides is 1. The third kappa shape index (κ3) is 6.11. The summed E-state index contributed by atoms with van der Waals surface area (Å²) in [5.41, 5.74) is -0.889. The van der Waals surface area contributed by atoms with E-state index in [-0.39, 0.29) is 19.1 Å². The largest absolute Gasteiger partial charge is 0.482 e. The van der Waals surface area contributed by atoms with Gasteiger partial charge in [-0.15, -0.1) is 0 Å². The van der Waals surface area contributed by atoms with E-state index in [1.54, 1.807) is 25.1 Å². The molecular formula is C14H19BrClNO3. The van der Waals surface area contributed by atoms with Crippen molar-refractivity contribution in [2.45, 2.75) is 32.3 Å². The van der Waals surface area contributed by atoms with Gasteiger partial charge in [-0.1, -0.05) is 40.9 Å². The van der Waals surface area contributed by atoms with Gasteiger partial charge in [0.05, 0.1) is 10.6 Å². The van der Waals surface area contributed by atoms with Gasteiger partial charge in [0.15, 0.2) is 6.61 Å². The highest BCUT2D eigenvalue weighted by Crippen LogP contribution is 2.27. The fourth-order valence-electron chi connectivity index (χ4n) is 1.70. The first-order valence-electron chi connectivity index (χ1n) is 6.41. The molecule has 4 nitrogen and oxygen atoms in total. The van der Waals surface area contributed by atoms with E-state index in [9.17, 15) is 9.90 Å². The molecule has 6 heteroatoms. The third-order valence-electron chi connectivity index (χ3n) is 2.71. The van der Waals surface area contributed by atoms with Gasteiger partial charge in [-0.05, 0) is 31.5 Å². The van der Waals surface area contributed by atoms with Crippen molar-refractivity contribution < 1.29 is 14.6 Å². The van der Waals surface area contributed by atoms with Gasteiger partial charge in [-0.2, -0.15) is 0 Å². The molecule has 0 aliphatic rings. The number of hydrogen-bond donors (Lipinski definition) is 2. The molecule has 20 heavy (non-hydrogen) atoms. The van der Waals surface area contributed by atoms with E-state index in [2.05, 4.69) is 21.2 Å². The second-order valence-corrected chi connectivity index (χ2v) is 6.21. The highest BCUT2D eigenvalue weighted by Gasteiger charge is 2.19. The summed E-state index contributed by atoms with van der Waals surface area (Å²) in [7, 11) is 0. The second-order valence-electron chi connectivity index (χ2n) is 4.89. The molecule has 0 aliphatic carbocycles. The molecule has 112 valence electrons. The lowest BCUT2D eigenvalue weighted by atomic mass is 10.0. The van der Waals surface area contributed by atoms with Crippen LogP contribution in [0.1, 0.15) is 26.7 Å². The molecule has 0 saturated heterocycles. The number of aliphatic hydroxyl groups is 1. The lowest BCUT2D eigenvalue weighted by Crippen LogP contribution is -2.42. The zero-order chi connectivity index (χ0) is 15.2. The van der Waals surface area contributed by atoms with Crippen molar-refractivity contribution in [3.8, 4) is 5.75 Å². The Morgan fingerprint density at radius 2 is 2.25 bits per heavy atom. The predicted molar refractivity (Wildman–Crippen MR) is 83.2 cm³/mol. The Kier molecular flexibility index (Phi) is 6.79. The summed E-state index contributed by atoms with van der Waals surface area (Å²) >= 11 is 9.27. The Morgan fingerprint density at radius 1 is 1.55 bits per heavy atom. The Balaban J connectivity index is 2.40. The number of hydrogen-bond acceptors (Lipinski definition) is 3. The smallest absolute Gasteiger partial charge is 0.258 e. The molecule has 1 rings (SSSR count). The van der Waals surface area contributed by atoms with Crippen molar-refractivity contribution in [3.63, 3.8) is 0 Å². The maximum atomic E-state index is 11.6. The van der Waals surface area contributed by atoms with Gasteiger partial charge in [0.25, 0.3) is 5.91 Å². The minimum atomic E-state index is -0.889. The normalized spacial score (nSPS) is 13.7. The van der Waals surface area contributed by atoms with Crippen LogP contribution >= 0.6 is 27.5 Å². The van der Waals surface area contributed by atoms with Gasteiger partial charge in [-0.25, -0.2) is 0 Å². The quantitative estimate of drug-likeness (QED) is 0.781. The van der Waals surface area contributed by atoms with Gasteiger partial charge in [0.2, 0.25) is 0 Å².